The lowest BCUT2D eigenvalue weighted by atomic mass is 9.52. The molecule has 1 spiro atoms. The maximum Gasteiger partial charge on any atom is 0.238 e. The number of rotatable bonds is 2. The van der Waals surface area contributed by atoms with Crippen LogP contribution in [0.2, 0.25) is 0 Å². The first kappa shape index (κ1) is 19.3. The van der Waals surface area contributed by atoms with Crippen LogP contribution in [0, 0.1) is 51.8 Å². The van der Waals surface area contributed by atoms with Crippen LogP contribution in [0.3, 0.4) is 0 Å². The maximum absolute atomic E-state index is 13.8. The summed E-state index contributed by atoms with van der Waals surface area (Å²) in [6, 6.07) is 9.22. The molecule has 1 aliphatic heterocycles. The zero-order valence-corrected chi connectivity index (χ0v) is 18.7. The average Bonchev–Trinajstić information content (AvgIpc) is 3.11. The van der Waals surface area contributed by atoms with E-state index in [9.17, 15) is 14.4 Å². The van der Waals surface area contributed by atoms with E-state index in [4.69, 9.17) is 4.74 Å². The second-order valence-corrected chi connectivity index (χ2v) is 11.4. The van der Waals surface area contributed by atoms with E-state index >= 15 is 0 Å². The molecule has 31 heavy (non-hydrogen) atoms. The Morgan fingerprint density at radius 1 is 1.00 bits per heavy atom. The molecule has 2 amide bonds. The number of Topliss-reactive ketones (excluding diaryl/α,β-unsaturated/α-hetero) is 1. The highest BCUT2D eigenvalue weighted by Gasteiger charge is 2.93. The Morgan fingerprint density at radius 2 is 1.65 bits per heavy atom. The zero-order valence-electron chi connectivity index (χ0n) is 18.7. The second kappa shape index (κ2) is 5.48. The lowest BCUT2D eigenvalue weighted by molar-refractivity contribution is -0.131. The summed E-state index contributed by atoms with van der Waals surface area (Å²) in [4.78, 5) is 42.2. The SMILES string of the molecule is COC1=C[C@@H]2[C@@H]3C(=O)N(c4ccccc4)C(=O)[C@@H]3[C@H]1[C@H]1[C@@]23[C@@H](C(C)(C)C)CC(=O)[C@]13C. The van der Waals surface area contributed by atoms with Gasteiger partial charge in [-0.2, -0.15) is 0 Å². The van der Waals surface area contributed by atoms with Crippen LogP contribution in [0.1, 0.15) is 34.1 Å². The van der Waals surface area contributed by atoms with Crippen LogP contribution in [0.4, 0.5) is 5.69 Å². The number of nitrogens with zero attached hydrogens (tertiary/aromatic N) is 1. The Morgan fingerprint density at radius 3 is 2.26 bits per heavy atom. The molecular formula is C26H29NO4. The van der Waals surface area contributed by atoms with Gasteiger partial charge in [0, 0.05) is 17.8 Å². The van der Waals surface area contributed by atoms with E-state index < -0.39 is 17.3 Å². The number of hydrogen-bond donors (Lipinski definition) is 0. The van der Waals surface area contributed by atoms with Gasteiger partial charge in [-0.15, -0.1) is 0 Å². The molecular weight excluding hydrogens is 390 g/mol. The van der Waals surface area contributed by atoms with Gasteiger partial charge in [0.25, 0.3) is 0 Å². The van der Waals surface area contributed by atoms with E-state index in [1.54, 1.807) is 7.11 Å². The molecule has 7 rings (SSSR count). The number of allylic oxidation sites excluding steroid dienone is 2. The van der Waals surface area contributed by atoms with Gasteiger partial charge in [-0.3, -0.25) is 19.3 Å². The van der Waals surface area contributed by atoms with Gasteiger partial charge in [0.05, 0.1) is 30.4 Å². The Labute approximate surface area is 182 Å². The van der Waals surface area contributed by atoms with Crippen LogP contribution in [-0.4, -0.2) is 24.7 Å². The standard InChI is InChI=1S/C26H29NO4/c1-24(2,3)16-12-17(28)25(4)21-19-15(31-5)11-14(26(16,21)25)18-20(19)23(30)27(22(18)29)13-9-7-6-8-10-13/h6-11,14,16,18-21H,12H2,1-5H3/t14-,16-,18+,19+,20+,21-,25-,26+/m1/s1. The van der Waals surface area contributed by atoms with Gasteiger partial charge in [0.15, 0.2) is 0 Å². The third-order valence-electron chi connectivity index (χ3n) is 9.55. The summed E-state index contributed by atoms with van der Waals surface area (Å²) in [7, 11) is 1.65. The highest BCUT2D eigenvalue weighted by atomic mass is 16.5. The number of amides is 2. The molecule has 1 saturated heterocycles. The summed E-state index contributed by atoms with van der Waals surface area (Å²) in [6.07, 6.45) is 2.68. The molecule has 1 heterocycles. The number of ether oxygens (including phenoxy) is 1. The second-order valence-electron chi connectivity index (χ2n) is 11.4. The summed E-state index contributed by atoms with van der Waals surface area (Å²) in [5.74, 6) is -0.0822. The molecule has 1 aromatic carbocycles. The Hall–Kier alpha value is -2.43. The average molecular weight is 420 g/mol. The molecule has 1 aromatic rings. The monoisotopic (exact) mass is 419 g/mol. The van der Waals surface area contributed by atoms with Gasteiger partial charge in [-0.1, -0.05) is 45.9 Å². The fraction of sp³-hybridized carbons (Fsp3) is 0.577. The van der Waals surface area contributed by atoms with E-state index in [1.807, 2.05) is 30.3 Å². The molecule has 5 heteroatoms. The van der Waals surface area contributed by atoms with Crippen molar-refractivity contribution in [2.24, 2.45) is 51.8 Å². The van der Waals surface area contributed by atoms with Crippen molar-refractivity contribution >= 4 is 23.3 Å². The number of methoxy groups -OCH3 is 1. The van der Waals surface area contributed by atoms with Crippen molar-refractivity contribution in [3.63, 3.8) is 0 Å². The van der Waals surface area contributed by atoms with Gasteiger partial charge >= 0.3 is 0 Å². The van der Waals surface area contributed by atoms with Crippen LogP contribution in [0.5, 0.6) is 0 Å². The fourth-order valence-corrected chi connectivity index (χ4v) is 8.61. The van der Waals surface area contributed by atoms with Gasteiger partial charge in [0.1, 0.15) is 5.78 Å². The van der Waals surface area contributed by atoms with Crippen molar-refractivity contribution in [1.82, 2.24) is 0 Å². The topological polar surface area (TPSA) is 63.7 Å². The van der Waals surface area contributed by atoms with Gasteiger partial charge in [-0.05, 0) is 46.8 Å². The van der Waals surface area contributed by atoms with Crippen molar-refractivity contribution in [2.75, 3.05) is 12.0 Å². The van der Waals surface area contributed by atoms with Gasteiger partial charge < -0.3 is 4.74 Å². The van der Waals surface area contributed by atoms with Crippen molar-refractivity contribution in [3.05, 3.63) is 42.2 Å². The molecule has 2 bridgehead atoms. The van der Waals surface area contributed by atoms with Crippen molar-refractivity contribution in [3.8, 4) is 0 Å². The smallest absolute Gasteiger partial charge is 0.238 e. The number of carbonyl (C=O) groups is 3. The van der Waals surface area contributed by atoms with Crippen molar-refractivity contribution in [1.29, 1.82) is 0 Å². The van der Waals surface area contributed by atoms with Gasteiger partial charge in [-0.25, -0.2) is 0 Å². The molecule has 0 aromatic heterocycles. The van der Waals surface area contributed by atoms with Crippen LogP contribution in [0.15, 0.2) is 42.2 Å². The van der Waals surface area contributed by atoms with Gasteiger partial charge in [0.2, 0.25) is 11.8 Å². The summed E-state index contributed by atoms with van der Waals surface area (Å²) in [5, 5.41) is 0. The molecule has 5 nitrogen and oxygen atoms in total. The van der Waals surface area contributed by atoms with Crippen LogP contribution < -0.4 is 4.90 Å². The van der Waals surface area contributed by atoms with Crippen LogP contribution >= 0.6 is 0 Å². The minimum absolute atomic E-state index is 0.0546. The highest BCUT2D eigenvalue weighted by Crippen LogP contribution is 2.90. The first-order valence-corrected chi connectivity index (χ1v) is 11.3. The van der Waals surface area contributed by atoms with E-state index in [1.165, 1.54) is 4.90 Å². The molecule has 6 aliphatic rings. The van der Waals surface area contributed by atoms with E-state index in [0.717, 1.165) is 5.76 Å². The number of hydrogen-bond acceptors (Lipinski definition) is 4. The van der Waals surface area contributed by atoms with E-state index in [-0.39, 0.29) is 46.3 Å². The number of carbonyl (C=O) groups excluding carboxylic acids is 3. The quantitative estimate of drug-likeness (QED) is 0.684. The summed E-state index contributed by atoms with van der Waals surface area (Å²) >= 11 is 0. The maximum atomic E-state index is 13.8. The van der Waals surface area contributed by atoms with E-state index in [0.29, 0.717) is 17.9 Å². The molecule has 162 valence electrons. The Kier molecular flexibility index (Phi) is 3.41. The van der Waals surface area contributed by atoms with Crippen LogP contribution in [0.25, 0.3) is 0 Å². The molecule has 0 unspecified atom stereocenters. The lowest BCUT2D eigenvalue weighted by Gasteiger charge is -2.50. The third-order valence-corrected chi connectivity index (χ3v) is 9.55. The highest BCUT2D eigenvalue weighted by molar-refractivity contribution is 6.23. The number of anilines is 1. The van der Waals surface area contributed by atoms with Crippen molar-refractivity contribution < 1.29 is 19.1 Å². The summed E-state index contributed by atoms with van der Waals surface area (Å²) in [5.41, 5.74) is -0.145. The number of para-hydroxylation sites is 1. The molecule has 5 aliphatic carbocycles. The molecule has 0 radical (unpaired) electrons. The normalized spacial score (nSPS) is 44.7. The summed E-state index contributed by atoms with van der Waals surface area (Å²) < 4.78 is 5.79. The lowest BCUT2D eigenvalue weighted by Crippen LogP contribution is -2.51. The molecule has 4 fully saturated rings. The number of ketones is 1. The molecule has 0 N–H and O–H groups in total. The largest absolute Gasteiger partial charge is 0.501 e. The number of imide groups is 1. The minimum Gasteiger partial charge on any atom is -0.501 e. The first-order valence-electron chi connectivity index (χ1n) is 11.3. The predicted molar refractivity (Wildman–Crippen MR) is 115 cm³/mol. The van der Waals surface area contributed by atoms with E-state index in [2.05, 4.69) is 33.8 Å². The predicted octanol–water partition coefficient (Wildman–Crippen LogP) is 3.84. The Bertz CT molecular complexity index is 1070. The fourth-order valence-electron chi connectivity index (χ4n) is 8.61. The van der Waals surface area contributed by atoms with Crippen molar-refractivity contribution in [2.45, 2.75) is 34.1 Å². The summed E-state index contributed by atoms with van der Waals surface area (Å²) in [6.45, 7) is 8.72. The third kappa shape index (κ3) is 1.86. The molecule has 8 atom stereocenters. The first-order chi connectivity index (χ1) is 14.6. The minimum atomic E-state index is -0.473. The zero-order chi connectivity index (χ0) is 22.1. The van der Waals surface area contributed by atoms with Crippen LogP contribution in [-0.2, 0) is 19.1 Å². The Balaban J connectivity index is 1.53. The molecule has 3 saturated carbocycles. The number of benzene rings is 1.